The highest BCUT2D eigenvalue weighted by molar-refractivity contribution is 7.90. The molecule has 0 saturated heterocycles. The Labute approximate surface area is 141 Å². The Morgan fingerprint density at radius 1 is 1.04 bits per heavy atom. The van der Waals surface area contributed by atoms with Gasteiger partial charge in [-0.15, -0.1) is 0 Å². The van der Waals surface area contributed by atoms with Crippen molar-refractivity contribution >= 4 is 15.9 Å². The van der Waals surface area contributed by atoms with Crippen LogP contribution in [0.3, 0.4) is 0 Å². The van der Waals surface area contributed by atoms with Crippen LogP contribution in [0.25, 0.3) is 0 Å². The molecule has 0 atom stereocenters. The first-order valence-corrected chi connectivity index (χ1v) is 8.91. The van der Waals surface area contributed by atoms with E-state index in [4.69, 9.17) is 9.47 Å². The Hall–Kier alpha value is -2.54. The van der Waals surface area contributed by atoms with Crippen molar-refractivity contribution in [3.63, 3.8) is 0 Å². The van der Waals surface area contributed by atoms with Crippen molar-refractivity contribution in [1.82, 2.24) is 4.72 Å². The predicted octanol–water partition coefficient (Wildman–Crippen LogP) is 1.98. The molecule has 0 unspecified atom stereocenters. The fourth-order valence-corrected chi connectivity index (χ4v) is 3.84. The van der Waals surface area contributed by atoms with Gasteiger partial charge in [-0.05, 0) is 36.2 Å². The van der Waals surface area contributed by atoms with Gasteiger partial charge in [-0.25, -0.2) is 8.42 Å². The van der Waals surface area contributed by atoms with E-state index >= 15 is 0 Å². The van der Waals surface area contributed by atoms with Crippen LogP contribution in [-0.2, 0) is 16.4 Å². The Bertz CT molecular complexity index is 891. The van der Waals surface area contributed by atoms with Gasteiger partial charge in [0.1, 0.15) is 5.84 Å². The lowest BCUT2D eigenvalue weighted by atomic mass is 10.1. The molecular weight excluding hydrogens is 328 g/mol. The summed E-state index contributed by atoms with van der Waals surface area (Å²) in [5.74, 6) is 1.73. The number of aliphatic imine (C=N–C) groups is 1. The summed E-state index contributed by atoms with van der Waals surface area (Å²) in [6.45, 7) is 0.460. The third-order valence-corrected chi connectivity index (χ3v) is 5.18. The van der Waals surface area contributed by atoms with Crippen LogP contribution >= 0.6 is 0 Å². The molecule has 0 aliphatic carbocycles. The molecule has 0 fully saturated rings. The Kier molecular flexibility index (Phi) is 4.44. The number of ether oxygens (including phenoxy) is 2. The van der Waals surface area contributed by atoms with Crippen LogP contribution in [0.1, 0.15) is 11.1 Å². The Morgan fingerprint density at radius 2 is 1.79 bits per heavy atom. The molecule has 24 heavy (non-hydrogen) atoms. The van der Waals surface area contributed by atoms with Gasteiger partial charge in [0.2, 0.25) is 0 Å². The summed E-state index contributed by atoms with van der Waals surface area (Å²) >= 11 is 0. The largest absolute Gasteiger partial charge is 0.493 e. The van der Waals surface area contributed by atoms with Crippen LogP contribution in [0.5, 0.6) is 11.5 Å². The molecule has 1 heterocycles. The summed E-state index contributed by atoms with van der Waals surface area (Å²) in [7, 11) is -0.307. The number of sulfonamides is 1. The van der Waals surface area contributed by atoms with Crippen molar-refractivity contribution in [2.45, 2.75) is 11.3 Å². The first kappa shape index (κ1) is 16.3. The van der Waals surface area contributed by atoms with Crippen molar-refractivity contribution in [1.29, 1.82) is 0 Å². The molecule has 1 aliphatic heterocycles. The zero-order valence-corrected chi connectivity index (χ0v) is 14.3. The number of hydrogen-bond donors (Lipinski definition) is 1. The molecule has 1 N–H and O–H groups in total. The van der Waals surface area contributed by atoms with Crippen molar-refractivity contribution in [3.8, 4) is 11.5 Å². The molecule has 0 saturated carbocycles. The van der Waals surface area contributed by atoms with Crippen LogP contribution in [0.2, 0.25) is 0 Å². The molecule has 2 aromatic rings. The summed E-state index contributed by atoms with van der Waals surface area (Å²) in [4.78, 5) is 4.68. The average Bonchev–Trinajstić information content (AvgIpc) is 2.86. The third kappa shape index (κ3) is 3.07. The zero-order valence-electron chi connectivity index (χ0n) is 13.4. The van der Waals surface area contributed by atoms with E-state index < -0.39 is 10.0 Å². The number of methoxy groups -OCH3 is 2. The van der Waals surface area contributed by atoms with Gasteiger partial charge in [-0.3, -0.25) is 9.71 Å². The van der Waals surface area contributed by atoms with Gasteiger partial charge in [0.15, 0.2) is 11.5 Å². The Balaban J connectivity index is 1.76. The standard InChI is InChI=1S/C17H18N2O4S/c1-22-14-8-7-12(11-15(14)23-2)9-10-18-17-13-5-3-4-6-16(13)24(20,21)19-17/h3-8,11H,9-10H2,1-2H3,(H,18,19). The number of nitrogens with zero attached hydrogens (tertiary/aromatic N) is 1. The normalized spacial score (nSPS) is 16.5. The van der Waals surface area contributed by atoms with E-state index in [-0.39, 0.29) is 4.90 Å². The maximum absolute atomic E-state index is 12.0. The number of hydrogen-bond acceptors (Lipinski definition) is 5. The minimum Gasteiger partial charge on any atom is -0.493 e. The fraction of sp³-hybridized carbons (Fsp3) is 0.235. The number of benzene rings is 2. The van der Waals surface area contributed by atoms with E-state index in [1.165, 1.54) is 0 Å². The van der Waals surface area contributed by atoms with Crippen LogP contribution in [0.15, 0.2) is 52.4 Å². The van der Waals surface area contributed by atoms with Crippen molar-refractivity contribution in [2.75, 3.05) is 20.8 Å². The maximum atomic E-state index is 12.0. The molecule has 0 spiro atoms. The van der Waals surface area contributed by atoms with E-state index in [0.29, 0.717) is 35.9 Å². The van der Waals surface area contributed by atoms with Crippen molar-refractivity contribution in [3.05, 3.63) is 53.6 Å². The molecule has 7 heteroatoms. The molecular formula is C17H18N2O4S. The maximum Gasteiger partial charge on any atom is 0.263 e. The van der Waals surface area contributed by atoms with E-state index in [9.17, 15) is 8.42 Å². The van der Waals surface area contributed by atoms with Gasteiger partial charge in [-0.1, -0.05) is 18.2 Å². The Morgan fingerprint density at radius 3 is 2.54 bits per heavy atom. The lowest BCUT2D eigenvalue weighted by Crippen LogP contribution is -2.22. The van der Waals surface area contributed by atoms with Crippen LogP contribution in [0, 0.1) is 0 Å². The molecule has 0 aromatic heterocycles. The van der Waals surface area contributed by atoms with Crippen molar-refractivity contribution in [2.24, 2.45) is 4.99 Å². The second-order valence-corrected chi connectivity index (χ2v) is 6.92. The molecule has 1 aliphatic rings. The quantitative estimate of drug-likeness (QED) is 0.898. The fourth-order valence-electron chi connectivity index (χ4n) is 2.58. The SMILES string of the molecule is COc1ccc(CCN=C2NS(=O)(=O)c3ccccc32)cc1OC. The van der Waals surface area contributed by atoms with E-state index in [2.05, 4.69) is 9.71 Å². The van der Waals surface area contributed by atoms with Crippen LogP contribution in [-0.4, -0.2) is 35.0 Å². The molecule has 2 aromatic carbocycles. The van der Waals surface area contributed by atoms with Crippen molar-refractivity contribution < 1.29 is 17.9 Å². The topological polar surface area (TPSA) is 77.0 Å². The summed E-state index contributed by atoms with van der Waals surface area (Å²) < 4.78 is 37.0. The van der Waals surface area contributed by atoms with E-state index in [0.717, 1.165) is 5.56 Å². The summed E-state index contributed by atoms with van der Waals surface area (Å²) in [6, 6.07) is 12.5. The van der Waals surface area contributed by atoms with Crippen LogP contribution < -0.4 is 14.2 Å². The van der Waals surface area contributed by atoms with Crippen LogP contribution in [0.4, 0.5) is 0 Å². The lowest BCUT2D eigenvalue weighted by molar-refractivity contribution is 0.354. The predicted molar refractivity (Wildman–Crippen MR) is 91.4 cm³/mol. The number of rotatable bonds is 5. The van der Waals surface area contributed by atoms with E-state index in [1.54, 1.807) is 38.5 Å². The highest BCUT2D eigenvalue weighted by Gasteiger charge is 2.29. The third-order valence-electron chi connectivity index (χ3n) is 3.78. The molecule has 6 nitrogen and oxygen atoms in total. The van der Waals surface area contributed by atoms with Gasteiger partial charge in [0, 0.05) is 12.1 Å². The number of fused-ring (bicyclic) bond motifs is 1. The molecule has 126 valence electrons. The van der Waals surface area contributed by atoms with Gasteiger partial charge in [-0.2, -0.15) is 0 Å². The van der Waals surface area contributed by atoms with Gasteiger partial charge in [0.05, 0.1) is 19.1 Å². The van der Waals surface area contributed by atoms with Gasteiger partial charge < -0.3 is 9.47 Å². The first-order valence-electron chi connectivity index (χ1n) is 7.43. The molecule has 0 amide bonds. The summed E-state index contributed by atoms with van der Waals surface area (Å²) in [6.07, 6.45) is 0.660. The lowest BCUT2D eigenvalue weighted by Gasteiger charge is -2.09. The molecule has 3 rings (SSSR count). The summed E-state index contributed by atoms with van der Waals surface area (Å²) in [5, 5.41) is 0. The molecule has 0 radical (unpaired) electrons. The second kappa shape index (κ2) is 6.52. The zero-order chi connectivity index (χ0) is 17.2. The average molecular weight is 346 g/mol. The van der Waals surface area contributed by atoms with E-state index in [1.807, 2.05) is 18.2 Å². The highest BCUT2D eigenvalue weighted by atomic mass is 32.2. The molecule has 0 bridgehead atoms. The van der Waals surface area contributed by atoms with Gasteiger partial charge in [0.25, 0.3) is 10.0 Å². The smallest absolute Gasteiger partial charge is 0.263 e. The minimum absolute atomic E-state index is 0.273. The highest BCUT2D eigenvalue weighted by Crippen LogP contribution is 2.28. The number of amidine groups is 1. The summed E-state index contributed by atoms with van der Waals surface area (Å²) in [5.41, 5.74) is 1.65. The minimum atomic E-state index is -3.49. The number of nitrogens with one attached hydrogen (secondary N) is 1. The second-order valence-electron chi connectivity index (χ2n) is 5.27. The van der Waals surface area contributed by atoms with Gasteiger partial charge >= 0.3 is 0 Å². The monoisotopic (exact) mass is 346 g/mol. The first-order chi connectivity index (χ1) is 11.5.